The van der Waals surface area contributed by atoms with Crippen LogP contribution in [-0.4, -0.2) is 33.9 Å². The first-order chi connectivity index (χ1) is 11.6. The molecular weight excluding hydrogens is 304 g/mol. The van der Waals surface area contributed by atoms with Crippen LogP contribution in [0.4, 0.5) is 5.69 Å². The number of hydrogen-bond donors (Lipinski definition) is 1. The van der Waals surface area contributed by atoms with Crippen molar-refractivity contribution >= 4 is 5.69 Å². The van der Waals surface area contributed by atoms with Crippen LogP contribution in [0, 0.1) is 11.3 Å². The van der Waals surface area contributed by atoms with Crippen molar-refractivity contribution in [3.63, 3.8) is 0 Å². The molecule has 124 valence electrons. The molecule has 1 saturated carbocycles. The summed E-state index contributed by atoms with van der Waals surface area (Å²) in [6.07, 6.45) is 4.28. The van der Waals surface area contributed by atoms with E-state index in [2.05, 4.69) is 21.1 Å². The number of anilines is 1. The van der Waals surface area contributed by atoms with Gasteiger partial charge in [0, 0.05) is 24.7 Å². The van der Waals surface area contributed by atoms with Crippen molar-refractivity contribution in [3.8, 4) is 6.07 Å². The molecule has 4 rings (SSSR count). The second-order valence-corrected chi connectivity index (χ2v) is 6.91. The first kappa shape index (κ1) is 15.2. The van der Waals surface area contributed by atoms with E-state index in [4.69, 9.17) is 9.78 Å². The summed E-state index contributed by atoms with van der Waals surface area (Å²) >= 11 is 0. The van der Waals surface area contributed by atoms with Crippen LogP contribution >= 0.6 is 0 Å². The molecule has 2 heterocycles. The summed E-state index contributed by atoms with van der Waals surface area (Å²) in [5, 5.41) is 23.9. The van der Waals surface area contributed by atoms with E-state index in [1.54, 1.807) is 0 Å². The predicted octanol–water partition coefficient (Wildman–Crippen LogP) is 2.39. The molecule has 1 aliphatic heterocycles. The Labute approximate surface area is 140 Å². The zero-order valence-corrected chi connectivity index (χ0v) is 13.5. The molecule has 1 aromatic carbocycles. The number of hydrogen-bond acceptors (Lipinski definition) is 6. The summed E-state index contributed by atoms with van der Waals surface area (Å²) in [6.45, 7) is 1.42. The molecule has 1 atom stereocenters. The molecule has 2 aromatic rings. The van der Waals surface area contributed by atoms with Gasteiger partial charge in [-0.3, -0.25) is 0 Å². The Morgan fingerprint density at radius 2 is 2.12 bits per heavy atom. The van der Waals surface area contributed by atoms with Gasteiger partial charge in [-0.15, -0.1) is 0 Å². The third kappa shape index (κ3) is 3.13. The van der Waals surface area contributed by atoms with Gasteiger partial charge in [0.2, 0.25) is 5.89 Å². The SMILES string of the molecule is N#Cc1ccc(N2CCCC(O)(Cc3nc(C4CC4)no3)C2)cc1. The molecule has 1 aliphatic carbocycles. The van der Waals surface area contributed by atoms with Gasteiger partial charge < -0.3 is 14.5 Å². The van der Waals surface area contributed by atoms with Gasteiger partial charge in [-0.25, -0.2) is 0 Å². The molecule has 6 heteroatoms. The first-order valence-electron chi connectivity index (χ1n) is 8.45. The van der Waals surface area contributed by atoms with Gasteiger partial charge >= 0.3 is 0 Å². The van der Waals surface area contributed by atoms with Crippen molar-refractivity contribution in [2.24, 2.45) is 0 Å². The van der Waals surface area contributed by atoms with E-state index in [9.17, 15) is 5.11 Å². The van der Waals surface area contributed by atoms with E-state index in [-0.39, 0.29) is 0 Å². The minimum Gasteiger partial charge on any atom is -0.388 e. The van der Waals surface area contributed by atoms with Crippen LogP contribution in [0.1, 0.15) is 48.9 Å². The monoisotopic (exact) mass is 324 g/mol. The summed E-state index contributed by atoms with van der Waals surface area (Å²) in [5.74, 6) is 1.77. The standard InChI is InChI=1S/C18H20N4O2/c19-11-13-2-6-15(7-3-13)22-9-1-8-18(23,12-22)10-16-20-17(21-24-16)14-4-5-14/h2-3,6-7,14,23H,1,4-5,8-10,12H2. The van der Waals surface area contributed by atoms with E-state index < -0.39 is 5.60 Å². The molecular formula is C18H20N4O2. The predicted molar refractivity (Wildman–Crippen MR) is 87.5 cm³/mol. The molecule has 1 N–H and O–H groups in total. The smallest absolute Gasteiger partial charge is 0.229 e. The maximum absolute atomic E-state index is 11.0. The van der Waals surface area contributed by atoms with Crippen molar-refractivity contribution in [2.75, 3.05) is 18.0 Å². The molecule has 0 spiro atoms. The zero-order valence-electron chi connectivity index (χ0n) is 13.5. The maximum atomic E-state index is 11.0. The third-order valence-electron chi connectivity index (χ3n) is 4.82. The third-order valence-corrected chi connectivity index (χ3v) is 4.82. The summed E-state index contributed by atoms with van der Waals surface area (Å²) in [7, 11) is 0. The lowest BCUT2D eigenvalue weighted by atomic mass is 9.89. The van der Waals surface area contributed by atoms with Gasteiger partial charge in [-0.05, 0) is 49.9 Å². The minimum atomic E-state index is -0.862. The lowest BCUT2D eigenvalue weighted by molar-refractivity contribution is 0.0193. The van der Waals surface area contributed by atoms with Crippen molar-refractivity contribution < 1.29 is 9.63 Å². The highest BCUT2D eigenvalue weighted by Gasteiger charge is 2.36. The molecule has 24 heavy (non-hydrogen) atoms. The van der Waals surface area contributed by atoms with Gasteiger partial charge in [0.25, 0.3) is 0 Å². The van der Waals surface area contributed by atoms with E-state index in [0.29, 0.717) is 30.3 Å². The van der Waals surface area contributed by atoms with E-state index in [1.807, 2.05) is 24.3 Å². The Morgan fingerprint density at radius 1 is 1.33 bits per heavy atom. The minimum absolute atomic E-state index is 0.388. The number of aliphatic hydroxyl groups is 1. The summed E-state index contributed by atoms with van der Waals surface area (Å²) in [4.78, 5) is 6.60. The number of nitrogens with zero attached hydrogens (tertiary/aromatic N) is 4. The topological polar surface area (TPSA) is 86.2 Å². The Hall–Kier alpha value is -2.39. The van der Waals surface area contributed by atoms with Crippen molar-refractivity contribution in [2.45, 2.75) is 43.6 Å². The highest BCUT2D eigenvalue weighted by molar-refractivity contribution is 5.50. The molecule has 1 unspecified atom stereocenters. The number of rotatable bonds is 4. The zero-order chi connectivity index (χ0) is 16.6. The first-order valence-corrected chi connectivity index (χ1v) is 8.45. The fraction of sp³-hybridized carbons (Fsp3) is 0.500. The fourth-order valence-corrected chi connectivity index (χ4v) is 3.35. The van der Waals surface area contributed by atoms with Crippen LogP contribution in [0.25, 0.3) is 0 Å². The average molecular weight is 324 g/mol. The Morgan fingerprint density at radius 3 is 2.83 bits per heavy atom. The van der Waals surface area contributed by atoms with Gasteiger partial charge in [0.05, 0.1) is 23.7 Å². The average Bonchev–Trinajstić information content (AvgIpc) is 3.35. The van der Waals surface area contributed by atoms with Crippen LogP contribution in [-0.2, 0) is 6.42 Å². The van der Waals surface area contributed by atoms with Gasteiger partial charge in [-0.1, -0.05) is 5.16 Å². The largest absolute Gasteiger partial charge is 0.388 e. The van der Waals surface area contributed by atoms with Crippen LogP contribution in [0.15, 0.2) is 28.8 Å². The number of β-amino-alcohol motifs (C(OH)–C–C–N with tert-alkyl or cyclic N) is 1. The quantitative estimate of drug-likeness (QED) is 0.929. The lowest BCUT2D eigenvalue weighted by Gasteiger charge is -2.39. The number of piperidine rings is 1. The van der Waals surface area contributed by atoms with Gasteiger partial charge in [-0.2, -0.15) is 10.2 Å². The molecule has 0 amide bonds. The molecule has 0 radical (unpaired) electrons. The molecule has 1 saturated heterocycles. The van der Waals surface area contributed by atoms with Crippen LogP contribution in [0.2, 0.25) is 0 Å². The molecule has 1 aromatic heterocycles. The van der Waals surface area contributed by atoms with Crippen molar-refractivity contribution in [1.29, 1.82) is 5.26 Å². The molecule has 6 nitrogen and oxygen atoms in total. The molecule has 2 fully saturated rings. The highest BCUT2D eigenvalue weighted by atomic mass is 16.5. The van der Waals surface area contributed by atoms with E-state index in [1.165, 1.54) is 0 Å². The van der Waals surface area contributed by atoms with Crippen molar-refractivity contribution in [3.05, 3.63) is 41.5 Å². The van der Waals surface area contributed by atoms with Crippen molar-refractivity contribution in [1.82, 2.24) is 10.1 Å². The summed E-state index contributed by atoms with van der Waals surface area (Å²) in [6, 6.07) is 9.61. The molecule has 0 bridgehead atoms. The Bertz CT molecular complexity index is 760. The van der Waals surface area contributed by atoms with E-state index >= 15 is 0 Å². The normalized spacial score (nSPS) is 23.9. The second kappa shape index (κ2) is 5.91. The lowest BCUT2D eigenvalue weighted by Crippen LogP contribution is -2.49. The summed E-state index contributed by atoms with van der Waals surface area (Å²) < 4.78 is 5.33. The van der Waals surface area contributed by atoms with Crippen LogP contribution < -0.4 is 4.90 Å². The van der Waals surface area contributed by atoms with Gasteiger partial charge in [0.15, 0.2) is 5.82 Å². The number of aromatic nitrogens is 2. The second-order valence-electron chi connectivity index (χ2n) is 6.91. The number of nitriles is 1. The van der Waals surface area contributed by atoms with Gasteiger partial charge in [0.1, 0.15) is 0 Å². The summed E-state index contributed by atoms with van der Waals surface area (Å²) in [5.41, 5.74) is 0.806. The van der Waals surface area contributed by atoms with E-state index in [0.717, 1.165) is 43.7 Å². The van der Waals surface area contributed by atoms with Crippen LogP contribution in [0.3, 0.4) is 0 Å². The highest BCUT2D eigenvalue weighted by Crippen LogP contribution is 2.38. The fourth-order valence-electron chi connectivity index (χ4n) is 3.35. The Kier molecular flexibility index (Phi) is 3.73. The maximum Gasteiger partial charge on any atom is 0.229 e. The number of benzene rings is 1. The molecule has 2 aliphatic rings. The Balaban J connectivity index is 1.46. The van der Waals surface area contributed by atoms with Crippen LogP contribution in [0.5, 0.6) is 0 Å².